The molecule has 0 unspecified atom stereocenters. The number of halogens is 1. The number of rotatable bonds is 8. The van der Waals surface area contributed by atoms with Gasteiger partial charge in [-0.2, -0.15) is 10.5 Å². The van der Waals surface area contributed by atoms with Crippen LogP contribution in [0.15, 0.2) is 53.6 Å². The van der Waals surface area contributed by atoms with E-state index in [1.807, 2.05) is 36.4 Å². The summed E-state index contributed by atoms with van der Waals surface area (Å²) >= 11 is 1.27. The summed E-state index contributed by atoms with van der Waals surface area (Å²) in [6.07, 6.45) is 0.438. The van der Waals surface area contributed by atoms with Crippen molar-refractivity contribution >= 4 is 28.4 Å². The zero-order valence-electron chi connectivity index (χ0n) is 16.1. The number of carbonyl (C=O) groups excluding carboxylic acids is 1. The standard InChI is InChI=1S/C22H18FN5OS/c23-17-9-7-16(8-10-17)21-18-5-1-2-6-19(18)22(27-26-21)30-15-20(29)28(13-3-11-24)14-4-12-25/h1-2,5-10H,3-4,13-15H2. The number of fused-ring (bicyclic) bond motifs is 1. The first kappa shape index (κ1) is 21.2. The molecule has 0 saturated carbocycles. The van der Waals surface area contributed by atoms with Crippen LogP contribution in [0, 0.1) is 28.5 Å². The molecule has 0 aliphatic rings. The topological polar surface area (TPSA) is 93.7 Å². The van der Waals surface area contributed by atoms with Gasteiger partial charge in [-0.15, -0.1) is 10.2 Å². The molecule has 0 aliphatic heterocycles. The van der Waals surface area contributed by atoms with Crippen LogP contribution in [0.4, 0.5) is 4.39 Å². The summed E-state index contributed by atoms with van der Waals surface area (Å²) in [5.74, 6) is -0.344. The van der Waals surface area contributed by atoms with Crippen LogP contribution < -0.4 is 0 Å². The van der Waals surface area contributed by atoms with Crippen molar-refractivity contribution in [2.45, 2.75) is 17.9 Å². The highest BCUT2D eigenvalue weighted by atomic mass is 32.2. The average molecular weight is 419 g/mol. The molecule has 0 saturated heterocycles. The number of hydrogen-bond acceptors (Lipinski definition) is 6. The molecule has 0 aliphatic carbocycles. The molecule has 8 heteroatoms. The van der Waals surface area contributed by atoms with Crippen molar-refractivity contribution in [3.8, 4) is 23.4 Å². The second kappa shape index (κ2) is 10.3. The van der Waals surface area contributed by atoms with Crippen molar-refractivity contribution in [1.82, 2.24) is 15.1 Å². The van der Waals surface area contributed by atoms with Crippen molar-refractivity contribution < 1.29 is 9.18 Å². The fourth-order valence-electron chi connectivity index (χ4n) is 2.96. The Morgan fingerprint density at radius 3 is 2.23 bits per heavy atom. The maximum atomic E-state index is 13.3. The molecule has 6 nitrogen and oxygen atoms in total. The zero-order chi connectivity index (χ0) is 21.3. The van der Waals surface area contributed by atoms with Crippen molar-refractivity contribution in [3.05, 3.63) is 54.3 Å². The van der Waals surface area contributed by atoms with E-state index < -0.39 is 0 Å². The van der Waals surface area contributed by atoms with Gasteiger partial charge in [-0.3, -0.25) is 4.79 Å². The summed E-state index contributed by atoms with van der Waals surface area (Å²) in [5, 5.41) is 28.5. The number of thioether (sulfide) groups is 1. The van der Waals surface area contributed by atoms with E-state index in [9.17, 15) is 9.18 Å². The molecule has 0 atom stereocenters. The van der Waals surface area contributed by atoms with E-state index in [0.717, 1.165) is 16.3 Å². The minimum Gasteiger partial charge on any atom is -0.340 e. The van der Waals surface area contributed by atoms with Crippen molar-refractivity contribution in [2.24, 2.45) is 0 Å². The van der Waals surface area contributed by atoms with Crippen LogP contribution in [0.1, 0.15) is 12.8 Å². The first-order valence-electron chi connectivity index (χ1n) is 9.30. The van der Waals surface area contributed by atoms with Gasteiger partial charge in [0.2, 0.25) is 5.91 Å². The quantitative estimate of drug-likeness (QED) is 0.508. The number of benzene rings is 2. The smallest absolute Gasteiger partial charge is 0.233 e. The zero-order valence-corrected chi connectivity index (χ0v) is 16.9. The van der Waals surface area contributed by atoms with Gasteiger partial charge in [-0.25, -0.2) is 4.39 Å². The molecule has 1 heterocycles. The second-order valence-corrected chi connectivity index (χ2v) is 7.36. The lowest BCUT2D eigenvalue weighted by Gasteiger charge is -2.20. The number of nitrogens with zero attached hydrogens (tertiary/aromatic N) is 5. The summed E-state index contributed by atoms with van der Waals surface area (Å²) in [6, 6.07) is 17.7. The highest BCUT2D eigenvalue weighted by molar-refractivity contribution is 8.00. The molecule has 30 heavy (non-hydrogen) atoms. The third-order valence-electron chi connectivity index (χ3n) is 4.44. The predicted octanol–water partition coefficient (Wildman–Crippen LogP) is 4.18. The Balaban J connectivity index is 1.82. The number of carbonyl (C=O) groups is 1. The minimum atomic E-state index is -0.320. The van der Waals surface area contributed by atoms with Crippen LogP contribution in [0.25, 0.3) is 22.0 Å². The van der Waals surface area contributed by atoms with E-state index >= 15 is 0 Å². The van der Waals surface area contributed by atoms with Crippen LogP contribution in [0.5, 0.6) is 0 Å². The van der Waals surface area contributed by atoms with Gasteiger partial charge in [0, 0.05) is 29.4 Å². The van der Waals surface area contributed by atoms with Crippen molar-refractivity contribution in [3.63, 3.8) is 0 Å². The molecule has 0 bridgehead atoms. The molecule has 0 fully saturated rings. The van der Waals surface area contributed by atoms with Gasteiger partial charge >= 0.3 is 0 Å². The third-order valence-corrected chi connectivity index (χ3v) is 5.41. The van der Waals surface area contributed by atoms with E-state index in [2.05, 4.69) is 10.2 Å². The first-order valence-corrected chi connectivity index (χ1v) is 10.3. The number of hydrogen-bond donors (Lipinski definition) is 0. The fourth-order valence-corrected chi connectivity index (χ4v) is 3.83. The Labute approximate surface area is 177 Å². The molecule has 3 aromatic rings. The van der Waals surface area contributed by atoms with Crippen LogP contribution in [-0.4, -0.2) is 39.8 Å². The minimum absolute atomic E-state index is 0.130. The van der Waals surface area contributed by atoms with Crippen molar-refractivity contribution in [2.75, 3.05) is 18.8 Å². The number of amides is 1. The van der Waals surface area contributed by atoms with Gasteiger partial charge in [0.25, 0.3) is 0 Å². The van der Waals surface area contributed by atoms with Gasteiger partial charge in [0.15, 0.2) is 0 Å². The Morgan fingerprint density at radius 2 is 1.60 bits per heavy atom. The van der Waals surface area contributed by atoms with E-state index in [-0.39, 0.29) is 30.3 Å². The molecule has 150 valence electrons. The first-order chi connectivity index (χ1) is 14.6. The second-order valence-electron chi connectivity index (χ2n) is 6.39. The molecular weight excluding hydrogens is 401 g/mol. The van der Waals surface area contributed by atoms with E-state index in [4.69, 9.17) is 10.5 Å². The summed E-state index contributed by atoms with van der Waals surface area (Å²) in [5.41, 5.74) is 1.40. The maximum Gasteiger partial charge on any atom is 0.233 e. The largest absolute Gasteiger partial charge is 0.340 e. The van der Waals surface area contributed by atoms with Crippen LogP contribution in [0.2, 0.25) is 0 Å². The lowest BCUT2D eigenvalue weighted by molar-refractivity contribution is -0.128. The predicted molar refractivity (Wildman–Crippen MR) is 113 cm³/mol. The highest BCUT2D eigenvalue weighted by Gasteiger charge is 2.16. The SMILES string of the molecule is N#CCCN(CCC#N)C(=O)CSc1nnc(-c2ccc(F)cc2)c2ccccc12. The third kappa shape index (κ3) is 5.11. The molecule has 1 amide bonds. The molecule has 0 N–H and O–H groups in total. The van der Waals surface area contributed by atoms with Gasteiger partial charge in [-0.1, -0.05) is 36.0 Å². The average Bonchev–Trinajstić information content (AvgIpc) is 2.78. The van der Waals surface area contributed by atoms with E-state index in [0.29, 0.717) is 23.8 Å². The van der Waals surface area contributed by atoms with Crippen molar-refractivity contribution in [1.29, 1.82) is 10.5 Å². The van der Waals surface area contributed by atoms with E-state index in [1.54, 1.807) is 12.1 Å². The lowest BCUT2D eigenvalue weighted by atomic mass is 10.1. The van der Waals surface area contributed by atoms with Crippen LogP contribution in [0.3, 0.4) is 0 Å². The Bertz CT molecular complexity index is 1100. The Hall–Kier alpha value is -3.49. The summed E-state index contributed by atoms with van der Waals surface area (Å²) in [4.78, 5) is 14.1. The normalized spacial score (nSPS) is 10.4. The van der Waals surface area contributed by atoms with Crippen LogP contribution >= 0.6 is 11.8 Å². The van der Waals surface area contributed by atoms with Crippen LogP contribution in [-0.2, 0) is 4.79 Å². The summed E-state index contributed by atoms with van der Waals surface area (Å²) in [6.45, 7) is 0.598. The van der Waals surface area contributed by atoms with E-state index in [1.165, 1.54) is 28.8 Å². The van der Waals surface area contributed by atoms with Gasteiger partial charge in [0.1, 0.15) is 16.5 Å². The molecule has 0 radical (unpaired) electrons. The number of aromatic nitrogens is 2. The highest BCUT2D eigenvalue weighted by Crippen LogP contribution is 2.31. The van der Waals surface area contributed by atoms with Gasteiger partial charge in [0.05, 0.1) is 30.7 Å². The van der Waals surface area contributed by atoms with Gasteiger partial charge < -0.3 is 4.90 Å². The monoisotopic (exact) mass is 419 g/mol. The summed E-state index contributed by atoms with van der Waals surface area (Å²) < 4.78 is 13.3. The Morgan fingerprint density at radius 1 is 0.967 bits per heavy atom. The molecule has 3 rings (SSSR count). The molecule has 1 aromatic heterocycles. The Kier molecular flexibility index (Phi) is 7.31. The molecular formula is C22H18FN5OS. The molecule has 0 spiro atoms. The maximum absolute atomic E-state index is 13.3. The summed E-state index contributed by atoms with van der Waals surface area (Å²) in [7, 11) is 0. The lowest BCUT2D eigenvalue weighted by Crippen LogP contribution is -2.34. The van der Waals surface area contributed by atoms with Gasteiger partial charge in [-0.05, 0) is 24.3 Å². The fraction of sp³-hybridized carbons (Fsp3) is 0.227. The number of nitriles is 2. The molecule has 2 aromatic carbocycles.